The monoisotopic (exact) mass is 667 g/mol. The average molecular weight is 668 g/mol. The van der Waals surface area contributed by atoms with Gasteiger partial charge in [-0.05, 0) is 131 Å². The molecule has 4 fully saturated rings. The number of likely N-dealkylation sites (tertiary alicyclic amines) is 1. The minimum absolute atomic E-state index is 0.483. The van der Waals surface area contributed by atoms with E-state index >= 15 is 0 Å². The molecule has 0 aromatic carbocycles. The Morgan fingerprint density at radius 2 is 0.860 bits per heavy atom. The number of hydrogen-bond donors (Lipinski definition) is 2. The predicted octanol–water partition coefficient (Wildman–Crippen LogP) is 12.0. The molecule has 1 unspecified atom stereocenters. The zero-order valence-electron chi connectivity index (χ0n) is 30.4. The molecule has 6 aliphatic rings. The molecule has 5 heteroatoms. The van der Waals surface area contributed by atoms with Crippen molar-refractivity contribution in [3.63, 3.8) is 0 Å². The first-order valence-corrected chi connectivity index (χ1v) is 20.6. The first-order valence-electron chi connectivity index (χ1n) is 20.6. The summed E-state index contributed by atoms with van der Waals surface area (Å²) in [6, 6.07) is 9.59. The summed E-state index contributed by atoms with van der Waals surface area (Å²) in [6.45, 7) is 5.77. The van der Waals surface area contributed by atoms with Crippen molar-refractivity contribution < 1.29 is 0 Å². The van der Waals surface area contributed by atoms with Gasteiger partial charge in [0.1, 0.15) is 0 Å². The Labute approximate surface area is 299 Å². The number of H-pyrrole nitrogens is 2. The van der Waals surface area contributed by atoms with Gasteiger partial charge in [0.2, 0.25) is 0 Å². The second-order valence-corrected chi connectivity index (χ2v) is 16.4. The fourth-order valence-corrected chi connectivity index (χ4v) is 10.8. The van der Waals surface area contributed by atoms with Gasteiger partial charge >= 0.3 is 0 Å². The highest BCUT2D eigenvalue weighted by atomic mass is 15.1. The van der Waals surface area contributed by atoms with Crippen LogP contribution in [0.4, 0.5) is 0 Å². The molecular weight excluding hydrogens is 611 g/mol. The van der Waals surface area contributed by atoms with Crippen LogP contribution in [0.2, 0.25) is 0 Å². The molecule has 1 saturated heterocycles. The number of nitrogens with zero attached hydrogens (tertiary/aromatic N) is 3. The zero-order valence-corrected chi connectivity index (χ0v) is 30.4. The van der Waals surface area contributed by atoms with Crippen LogP contribution in [0.15, 0.2) is 24.3 Å². The van der Waals surface area contributed by atoms with E-state index in [2.05, 4.69) is 70.4 Å². The zero-order chi connectivity index (χ0) is 33.4. The first kappa shape index (κ1) is 32.5. The lowest BCUT2D eigenvalue weighted by molar-refractivity contribution is 0.219. The fraction of sp³-hybridized carbons (Fsp3) is 0.556. The molecule has 2 N–H and O–H groups in total. The van der Waals surface area contributed by atoms with E-state index in [-0.39, 0.29) is 0 Å². The van der Waals surface area contributed by atoms with Gasteiger partial charge in [-0.1, -0.05) is 64.7 Å². The van der Waals surface area contributed by atoms with Gasteiger partial charge in [-0.3, -0.25) is 0 Å². The summed E-state index contributed by atoms with van der Waals surface area (Å²) in [5.41, 5.74) is 15.5. The third kappa shape index (κ3) is 6.22. The van der Waals surface area contributed by atoms with Crippen LogP contribution < -0.4 is 0 Å². The van der Waals surface area contributed by atoms with Crippen LogP contribution in [0, 0.1) is 0 Å². The minimum Gasteiger partial charge on any atom is -0.355 e. The second kappa shape index (κ2) is 14.3. The van der Waals surface area contributed by atoms with Crippen molar-refractivity contribution in [2.75, 3.05) is 19.6 Å². The first-order chi connectivity index (χ1) is 24.7. The standard InChI is InChI=1S/C45H57N5/c1-2-50-28-12-19-33(29-50)45-40-26-24-38(48-40)43(31-15-8-4-9-16-31)36-22-20-34(46-36)42(30-13-6-3-7-14-30)35-21-23-37(47-35)44(32-17-10-5-11-18-32)39-25-27-41(45)49-39/h20-27,30-33,48-49H,2-19,28-29H2,1H3. The number of hydrogen-bond acceptors (Lipinski definition) is 3. The summed E-state index contributed by atoms with van der Waals surface area (Å²) < 4.78 is 0. The smallest absolute Gasteiger partial charge is 0.0694 e. The lowest BCUT2D eigenvalue weighted by Crippen LogP contribution is -2.34. The van der Waals surface area contributed by atoms with Crippen molar-refractivity contribution in [3.8, 4) is 0 Å². The number of nitrogens with one attached hydrogen (secondary N) is 2. The quantitative estimate of drug-likeness (QED) is 0.196. The minimum atomic E-state index is 0.483. The number of fused-ring (bicyclic) bond motifs is 8. The highest BCUT2D eigenvalue weighted by molar-refractivity contribution is 5.84. The SMILES string of the molecule is CCN1CCCC(c2c3ccc([nH]3)c(C3CCCCC3)c3nc(c(C4CCCCC4)c4nc(c(C5CCCCC5)c5ccc2[nH]5)C=C4)C=C3)C1. The van der Waals surface area contributed by atoms with Crippen molar-refractivity contribution in [1.29, 1.82) is 0 Å². The number of rotatable bonds is 5. The normalized spacial score (nSPS) is 22.8. The molecule has 6 heterocycles. The summed E-state index contributed by atoms with van der Waals surface area (Å²) in [7, 11) is 0. The molecule has 9 rings (SSSR count). The molecule has 0 spiro atoms. The highest BCUT2D eigenvalue weighted by Crippen LogP contribution is 2.43. The Morgan fingerprint density at radius 3 is 1.30 bits per heavy atom. The van der Waals surface area contributed by atoms with Gasteiger partial charge in [-0.2, -0.15) is 0 Å². The molecule has 3 aliphatic carbocycles. The Kier molecular flexibility index (Phi) is 9.28. The molecule has 262 valence electrons. The number of aromatic amines is 2. The topological polar surface area (TPSA) is 60.6 Å². The molecule has 1 atom stereocenters. The summed E-state index contributed by atoms with van der Waals surface area (Å²) in [5.74, 6) is 2.08. The van der Waals surface area contributed by atoms with E-state index in [0.717, 1.165) is 13.1 Å². The number of likely N-dealkylation sites (N-methyl/N-ethyl adjacent to an activating group) is 1. The van der Waals surface area contributed by atoms with Gasteiger partial charge < -0.3 is 14.9 Å². The van der Waals surface area contributed by atoms with Crippen LogP contribution in [-0.2, 0) is 0 Å². The average Bonchev–Trinajstić information content (AvgIpc) is 4.01. The predicted molar refractivity (Wildman–Crippen MR) is 210 cm³/mol. The van der Waals surface area contributed by atoms with Gasteiger partial charge in [-0.15, -0.1) is 0 Å². The molecular formula is C45H57N5. The molecule has 50 heavy (non-hydrogen) atoms. The lowest BCUT2D eigenvalue weighted by atomic mass is 9.82. The number of aromatic nitrogens is 4. The van der Waals surface area contributed by atoms with Crippen LogP contribution in [-0.4, -0.2) is 44.5 Å². The molecule has 8 bridgehead atoms. The molecule has 3 saturated carbocycles. The second-order valence-electron chi connectivity index (χ2n) is 16.4. The lowest BCUT2D eigenvalue weighted by Gasteiger charge is -2.32. The van der Waals surface area contributed by atoms with Gasteiger partial charge in [-0.25, -0.2) is 9.97 Å². The van der Waals surface area contributed by atoms with E-state index in [1.54, 1.807) is 0 Å². The highest BCUT2D eigenvalue weighted by Gasteiger charge is 2.29. The van der Waals surface area contributed by atoms with Crippen molar-refractivity contribution in [2.24, 2.45) is 0 Å². The van der Waals surface area contributed by atoms with Crippen molar-refractivity contribution in [2.45, 2.75) is 140 Å². The Bertz CT molecular complexity index is 1810. The van der Waals surface area contributed by atoms with Gasteiger partial charge in [0.25, 0.3) is 0 Å². The molecule has 0 amide bonds. The van der Waals surface area contributed by atoms with E-state index in [1.807, 2.05) is 0 Å². The van der Waals surface area contributed by atoms with E-state index in [1.165, 1.54) is 183 Å². The Hall–Kier alpha value is -3.44. The van der Waals surface area contributed by atoms with Crippen LogP contribution in [0.5, 0.6) is 0 Å². The van der Waals surface area contributed by atoms with Crippen molar-refractivity contribution in [3.05, 3.63) is 69.3 Å². The number of piperidine rings is 1. The van der Waals surface area contributed by atoms with Gasteiger partial charge in [0.05, 0.1) is 22.8 Å². The van der Waals surface area contributed by atoms with Gasteiger partial charge in [0.15, 0.2) is 0 Å². The van der Waals surface area contributed by atoms with E-state index in [0.29, 0.717) is 23.7 Å². The summed E-state index contributed by atoms with van der Waals surface area (Å²) in [6.07, 6.45) is 31.3. The van der Waals surface area contributed by atoms with E-state index < -0.39 is 0 Å². The Balaban J connectivity index is 1.36. The maximum Gasteiger partial charge on any atom is 0.0694 e. The van der Waals surface area contributed by atoms with Gasteiger partial charge in [0, 0.05) is 56.8 Å². The van der Waals surface area contributed by atoms with E-state index in [9.17, 15) is 0 Å². The maximum absolute atomic E-state index is 5.61. The van der Waals surface area contributed by atoms with Crippen LogP contribution >= 0.6 is 0 Å². The van der Waals surface area contributed by atoms with E-state index in [4.69, 9.17) is 9.97 Å². The summed E-state index contributed by atoms with van der Waals surface area (Å²) in [5, 5.41) is 0. The largest absolute Gasteiger partial charge is 0.355 e. The summed E-state index contributed by atoms with van der Waals surface area (Å²) in [4.78, 5) is 22.1. The van der Waals surface area contributed by atoms with Crippen LogP contribution in [0.3, 0.4) is 0 Å². The summed E-state index contributed by atoms with van der Waals surface area (Å²) >= 11 is 0. The third-order valence-electron chi connectivity index (χ3n) is 13.3. The van der Waals surface area contributed by atoms with Crippen LogP contribution in [0.1, 0.15) is 185 Å². The molecule has 3 aliphatic heterocycles. The third-order valence-corrected chi connectivity index (χ3v) is 13.3. The maximum atomic E-state index is 5.61. The molecule has 3 aromatic heterocycles. The Morgan fingerprint density at radius 1 is 0.480 bits per heavy atom. The molecule has 5 nitrogen and oxygen atoms in total. The fourth-order valence-electron chi connectivity index (χ4n) is 10.8. The van der Waals surface area contributed by atoms with Crippen LogP contribution in [0.25, 0.3) is 46.4 Å². The molecule has 0 radical (unpaired) electrons. The molecule has 3 aromatic rings. The van der Waals surface area contributed by atoms with Crippen molar-refractivity contribution >= 4 is 46.4 Å². The van der Waals surface area contributed by atoms with Crippen molar-refractivity contribution in [1.82, 2.24) is 24.8 Å².